The summed E-state index contributed by atoms with van der Waals surface area (Å²) >= 11 is 6.05. The van der Waals surface area contributed by atoms with E-state index in [-0.39, 0.29) is 0 Å². The summed E-state index contributed by atoms with van der Waals surface area (Å²) in [7, 11) is 0. The maximum Gasteiger partial charge on any atom is 0.165 e. The van der Waals surface area contributed by atoms with Crippen LogP contribution < -0.4 is 0 Å². The fourth-order valence-corrected chi connectivity index (χ4v) is 1.85. The predicted octanol–water partition coefficient (Wildman–Crippen LogP) is 2.84. The van der Waals surface area contributed by atoms with Crippen LogP contribution in [-0.4, -0.2) is 14.4 Å². The summed E-state index contributed by atoms with van der Waals surface area (Å²) in [5.41, 5.74) is 3.61. The molecule has 3 aromatic rings. The molecular formula is C11H8ClN3. The van der Waals surface area contributed by atoms with Gasteiger partial charge in [-0.25, -0.2) is 9.97 Å². The van der Waals surface area contributed by atoms with Crippen molar-refractivity contribution in [3.8, 4) is 0 Å². The van der Waals surface area contributed by atoms with Crippen molar-refractivity contribution in [3.63, 3.8) is 0 Å². The molecule has 0 saturated heterocycles. The number of fused-ring (bicyclic) bond motifs is 3. The summed E-state index contributed by atoms with van der Waals surface area (Å²) in [5.74, 6) is 0. The quantitative estimate of drug-likeness (QED) is 0.580. The highest BCUT2D eigenvalue weighted by molar-refractivity contribution is 6.34. The van der Waals surface area contributed by atoms with E-state index < -0.39 is 0 Å². The monoisotopic (exact) mass is 217 g/mol. The van der Waals surface area contributed by atoms with Crippen LogP contribution in [0.1, 0.15) is 5.56 Å². The van der Waals surface area contributed by atoms with Crippen LogP contribution in [-0.2, 0) is 0 Å². The van der Waals surface area contributed by atoms with E-state index in [1.807, 2.05) is 29.7 Å². The van der Waals surface area contributed by atoms with Gasteiger partial charge >= 0.3 is 0 Å². The molecule has 3 rings (SSSR count). The minimum Gasteiger partial charge on any atom is -0.284 e. The van der Waals surface area contributed by atoms with Crippen LogP contribution in [0.4, 0.5) is 0 Å². The number of hydrogen-bond acceptors (Lipinski definition) is 2. The van der Waals surface area contributed by atoms with Crippen molar-refractivity contribution in [2.45, 2.75) is 6.92 Å². The van der Waals surface area contributed by atoms with Crippen LogP contribution in [0.3, 0.4) is 0 Å². The zero-order valence-electron chi connectivity index (χ0n) is 8.11. The molecule has 3 heterocycles. The second-order valence-electron chi connectivity index (χ2n) is 3.51. The van der Waals surface area contributed by atoms with E-state index in [1.165, 1.54) is 5.56 Å². The Bertz CT molecular complexity index is 657. The van der Waals surface area contributed by atoms with Gasteiger partial charge in [0.05, 0.1) is 5.02 Å². The van der Waals surface area contributed by atoms with E-state index in [2.05, 4.69) is 9.97 Å². The molecule has 4 heteroatoms. The molecule has 0 radical (unpaired) electrons. The third-order valence-corrected chi connectivity index (χ3v) is 2.71. The first-order valence-electron chi connectivity index (χ1n) is 4.64. The predicted molar refractivity (Wildman–Crippen MR) is 60.2 cm³/mol. The Morgan fingerprint density at radius 1 is 1.33 bits per heavy atom. The molecule has 74 valence electrons. The molecule has 0 spiro atoms. The van der Waals surface area contributed by atoms with Crippen LogP contribution >= 0.6 is 11.6 Å². The van der Waals surface area contributed by atoms with Gasteiger partial charge in [-0.1, -0.05) is 11.6 Å². The maximum atomic E-state index is 6.05. The summed E-state index contributed by atoms with van der Waals surface area (Å²) in [5, 5.41) is 0.640. The van der Waals surface area contributed by atoms with Gasteiger partial charge < -0.3 is 0 Å². The molecule has 0 N–H and O–H groups in total. The zero-order chi connectivity index (χ0) is 10.4. The lowest BCUT2D eigenvalue weighted by Gasteiger charge is -1.95. The molecule has 0 amide bonds. The van der Waals surface area contributed by atoms with E-state index in [9.17, 15) is 0 Å². The number of pyridine rings is 2. The number of nitrogens with zero attached hydrogens (tertiary/aromatic N) is 3. The van der Waals surface area contributed by atoms with Crippen LogP contribution in [0, 0.1) is 6.92 Å². The minimum absolute atomic E-state index is 0.640. The van der Waals surface area contributed by atoms with Gasteiger partial charge in [-0.3, -0.25) is 4.40 Å². The van der Waals surface area contributed by atoms with Gasteiger partial charge in [0.15, 0.2) is 5.65 Å². The molecule has 0 atom stereocenters. The Labute approximate surface area is 91.3 Å². The van der Waals surface area contributed by atoms with Gasteiger partial charge in [-0.2, -0.15) is 0 Å². The SMILES string of the molecule is Cc1ccn2c(c1)nc1c(Cl)ccnc12. The summed E-state index contributed by atoms with van der Waals surface area (Å²) in [6.07, 6.45) is 3.65. The number of hydrogen-bond donors (Lipinski definition) is 0. The lowest BCUT2D eigenvalue weighted by atomic mass is 10.3. The highest BCUT2D eigenvalue weighted by Crippen LogP contribution is 2.22. The van der Waals surface area contributed by atoms with Crippen molar-refractivity contribution in [3.05, 3.63) is 41.2 Å². The summed E-state index contributed by atoms with van der Waals surface area (Å²) in [6, 6.07) is 5.79. The van der Waals surface area contributed by atoms with E-state index in [4.69, 9.17) is 11.6 Å². The summed E-state index contributed by atoms with van der Waals surface area (Å²) in [4.78, 5) is 8.72. The average Bonchev–Trinajstić information content (AvgIpc) is 2.57. The van der Waals surface area contributed by atoms with Crippen LogP contribution in [0.15, 0.2) is 30.6 Å². The van der Waals surface area contributed by atoms with Crippen molar-refractivity contribution in [1.82, 2.24) is 14.4 Å². The Balaban J connectivity index is 2.57. The van der Waals surface area contributed by atoms with E-state index in [0.29, 0.717) is 5.02 Å². The zero-order valence-corrected chi connectivity index (χ0v) is 8.86. The third-order valence-electron chi connectivity index (χ3n) is 2.40. The standard InChI is InChI=1S/C11H8ClN3/c1-7-3-5-15-9(6-7)14-10-8(12)2-4-13-11(10)15/h2-6H,1H3. The van der Waals surface area contributed by atoms with Gasteiger partial charge in [0.25, 0.3) is 0 Å². The maximum absolute atomic E-state index is 6.05. The van der Waals surface area contributed by atoms with Crippen molar-refractivity contribution in [1.29, 1.82) is 0 Å². The third kappa shape index (κ3) is 1.20. The number of rotatable bonds is 0. The van der Waals surface area contributed by atoms with Crippen LogP contribution in [0.25, 0.3) is 16.8 Å². The van der Waals surface area contributed by atoms with E-state index >= 15 is 0 Å². The normalized spacial score (nSPS) is 11.3. The van der Waals surface area contributed by atoms with Gasteiger partial charge in [-0.15, -0.1) is 0 Å². The Kier molecular flexibility index (Phi) is 1.70. The van der Waals surface area contributed by atoms with Crippen molar-refractivity contribution in [2.75, 3.05) is 0 Å². The smallest absolute Gasteiger partial charge is 0.165 e. The highest BCUT2D eigenvalue weighted by atomic mass is 35.5. The topological polar surface area (TPSA) is 30.2 Å². The lowest BCUT2D eigenvalue weighted by molar-refractivity contribution is 1.17. The Morgan fingerprint density at radius 3 is 3.07 bits per heavy atom. The van der Waals surface area contributed by atoms with E-state index in [1.54, 1.807) is 12.3 Å². The molecule has 0 aliphatic rings. The number of halogens is 1. The first-order chi connectivity index (χ1) is 7.25. The molecule has 0 unspecified atom stereocenters. The van der Waals surface area contributed by atoms with Gasteiger partial charge in [-0.05, 0) is 30.7 Å². The Morgan fingerprint density at radius 2 is 2.20 bits per heavy atom. The van der Waals surface area contributed by atoms with Crippen LogP contribution in [0.2, 0.25) is 5.02 Å². The molecule has 0 aromatic carbocycles. The Hall–Kier alpha value is -1.61. The molecule has 3 aromatic heterocycles. The number of imidazole rings is 1. The molecule has 0 bridgehead atoms. The highest BCUT2D eigenvalue weighted by Gasteiger charge is 2.07. The van der Waals surface area contributed by atoms with Crippen molar-refractivity contribution >= 4 is 28.4 Å². The molecule has 0 fully saturated rings. The molecule has 15 heavy (non-hydrogen) atoms. The van der Waals surface area contributed by atoms with Crippen molar-refractivity contribution < 1.29 is 0 Å². The van der Waals surface area contributed by atoms with E-state index in [0.717, 1.165) is 16.8 Å². The molecule has 3 nitrogen and oxygen atoms in total. The lowest BCUT2D eigenvalue weighted by Crippen LogP contribution is -1.86. The number of aromatic nitrogens is 3. The fraction of sp³-hybridized carbons (Fsp3) is 0.0909. The molecule has 0 saturated carbocycles. The summed E-state index contributed by atoms with van der Waals surface area (Å²) in [6.45, 7) is 2.04. The second-order valence-corrected chi connectivity index (χ2v) is 3.92. The largest absolute Gasteiger partial charge is 0.284 e. The molecule has 0 aliphatic heterocycles. The van der Waals surface area contributed by atoms with Gasteiger partial charge in [0.1, 0.15) is 11.2 Å². The van der Waals surface area contributed by atoms with Gasteiger partial charge in [0.2, 0.25) is 0 Å². The summed E-state index contributed by atoms with van der Waals surface area (Å²) < 4.78 is 1.94. The number of aryl methyl sites for hydroxylation is 1. The second kappa shape index (κ2) is 2.94. The van der Waals surface area contributed by atoms with Crippen molar-refractivity contribution in [2.24, 2.45) is 0 Å². The first kappa shape index (κ1) is 8.68. The average molecular weight is 218 g/mol. The molecule has 0 aliphatic carbocycles. The molecular weight excluding hydrogens is 210 g/mol. The van der Waals surface area contributed by atoms with Crippen LogP contribution in [0.5, 0.6) is 0 Å². The van der Waals surface area contributed by atoms with Gasteiger partial charge in [0, 0.05) is 12.4 Å². The first-order valence-corrected chi connectivity index (χ1v) is 5.02. The minimum atomic E-state index is 0.640. The fourth-order valence-electron chi connectivity index (χ4n) is 1.67.